The van der Waals surface area contributed by atoms with Crippen LogP contribution in [-0.4, -0.2) is 33.2 Å². The van der Waals surface area contributed by atoms with E-state index in [9.17, 15) is 13.6 Å². The first kappa shape index (κ1) is 15.4. The Bertz CT molecular complexity index is 676. The van der Waals surface area contributed by atoms with Crippen molar-refractivity contribution in [3.8, 4) is 5.75 Å². The van der Waals surface area contributed by atoms with Crippen molar-refractivity contribution in [1.82, 2.24) is 15.0 Å². The van der Waals surface area contributed by atoms with Crippen LogP contribution in [0.2, 0.25) is 0 Å². The minimum Gasteiger partial charge on any atom is -0.496 e. The lowest BCUT2D eigenvalue weighted by Gasteiger charge is -2.10. The molecule has 0 atom stereocenters. The number of aromatic nitrogens is 3. The summed E-state index contributed by atoms with van der Waals surface area (Å²) in [5.41, 5.74) is -0.917. The van der Waals surface area contributed by atoms with Crippen LogP contribution >= 0.6 is 15.9 Å². The van der Waals surface area contributed by atoms with E-state index in [1.165, 1.54) is 7.11 Å². The number of rotatable bonds is 5. The minimum atomic E-state index is -3.00. The van der Waals surface area contributed by atoms with Gasteiger partial charge in [-0.05, 0) is 18.2 Å². The summed E-state index contributed by atoms with van der Waals surface area (Å²) in [6.07, 6.45) is -3.00. The predicted octanol–water partition coefficient (Wildman–Crippen LogP) is 2.73. The lowest BCUT2D eigenvalue weighted by molar-refractivity contribution is 0.0675. The molecule has 0 aliphatic heterocycles. The Labute approximate surface area is 126 Å². The highest BCUT2D eigenvalue weighted by molar-refractivity contribution is 9.10. The van der Waals surface area contributed by atoms with Gasteiger partial charge in [-0.25, -0.2) is 18.3 Å². The number of nitrogens with zero attached hydrogens (tertiary/aromatic N) is 3. The summed E-state index contributed by atoms with van der Waals surface area (Å²) in [6.45, 7) is -0.0808. The normalized spacial score (nSPS) is 10.9. The fraction of sp³-hybridized carbons (Fsp3) is 0.250. The van der Waals surface area contributed by atoms with Crippen LogP contribution in [0.5, 0.6) is 5.75 Å². The second-order valence-corrected chi connectivity index (χ2v) is 4.96. The topological polar surface area (TPSA) is 77.2 Å². The molecular formula is C12H10BrF2N3O3. The molecule has 2 aromatic rings. The molecule has 1 N–H and O–H groups in total. The van der Waals surface area contributed by atoms with Gasteiger partial charge in [0.2, 0.25) is 0 Å². The van der Waals surface area contributed by atoms with E-state index < -0.39 is 23.8 Å². The van der Waals surface area contributed by atoms with Crippen molar-refractivity contribution in [2.75, 3.05) is 7.11 Å². The molecule has 0 spiro atoms. The molecule has 9 heteroatoms. The number of carboxylic acid groups (broad SMARTS) is 1. The highest BCUT2D eigenvalue weighted by Gasteiger charge is 2.26. The second kappa shape index (κ2) is 6.17. The van der Waals surface area contributed by atoms with Gasteiger partial charge in [-0.15, -0.1) is 5.10 Å². The van der Waals surface area contributed by atoms with Gasteiger partial charge in [0.25, 0.3) is 6.43 Å². The summed E-state index contributed by atoms with van der Waals surface area (Å²) >= 11 is 3.27. The van der Waals surface area contributed by atoms with Crippen LogP contribution in [0.25, 0.3) is 0 Å². The van der Waals surface area contributed by atoms with Crippen LogP contribution in [0.4, 0.5) is 8.78 Å². The largest absolute Gasteiger partial charge is 0.496 e. The molecule has 112 valence electrons. The minimum absolute atomic E-state index is 0.0808. The standard InChI is InChI=1S/C12H10BrF2N3O3/c1-21-8-3-2-7(13)4-6(8)5-18-10(11(14)15)9(12(19)20)16-17-18/h2-4,11H,5H2,1H3,(H,19,20). The second-order valence-electron chi connectivity index (χ2n) is 4.04. The van der Waals surface area contributed by atoms with Gasteiger partial charge in [0.15, 0.2) is 5.69 Å². The molecule has 0 unspecified atom stereocenters. The fourth-order valence-electron chi connectivity index (χ4n) is 1.84. The van der Waals surface area contributed by atoms with Crippen LogP contribution < -0.4 is 4.74 Å². The van der Waals surface area contributed by atoms with E-state index >= 15 is 0 Å². The van der Waals surface area contributed by atoms with Gasteiger partial charge < -0.3 is 9.84 Å². The van der Waals surface area contributed by atoms with E-state index in [1.807, 2.05) is 0 Å². The molecular weight excluding hydrogens is 352 g/mol. The zero-order valence-electron chi connectivity index (χ0n) is 10.8. The SMILES string of the molecule is COc1ccc(Br)cc1Cn1nnc(C(=O)O)c1C(F)F. The highest BCUT2D eigenvalue weighted by atomic mass is 79.9. The molecule has 0 saturated carbocycles. The number of alkyl halides is 2. The first-order valence-corrected chi connectivity index (χ1v) is 6.50. The number of carboxylic acids is 1. The van der Waals surface area contributed by atoms with Gasteiger partial charge in [0.05, 0.1) is 13.7 Å². The summed E-state index contributed by atoms with van der Waals surface area (Å²) in [4.78, 5) is 10.9. The van der Waals surface area contributed by atoms with Crippen LogP contribution in [-0.2, 0) is 6.54 Å². The highest BCUT2D eigenvalue weighted by Crippen LogP contribution is 2.27. The third-order valence-corrected chi connectivity index (χ3v) is 3.24. The number of aromatic carboxylic acids is 1. The number of benzene rings is 1. The Kier molecular flexibility index (Phi) is 4.51. The Balaban J connectivity index is 2.45. The lowest BCUT2D eigenvalue weighted by Crippen LogP contribution is -2.10. The zero-order valence-corrected chi connectivity index (χ0v) is 12.3. The van der Waals surface area contributed by atoms with Crippen LogP contribution in [0, 0.1) is 0 Å². The van der Waals surface area contributed by atoms with Gasteiger partial charge in [0.1, 0.15) is 11.4 Å². The van der Waals surface area contributed by atoms with E-state index in [1.54, 1.807) is 18.2 Å². The van der Waals surface area contributed by atoms with E-state index in [2.05, 4.69) is 26.2 Å². The van der Waals surface area contributed by atoms with Crippen molar-refractivity contribution >= 4 is 21.9 Å². The first-order chi connectivity index (χ1) is 9.93. The molecule has 0 amide bonds. The van der Waals surface area contributed by atoms with Gasteiger partial charge in [-0.3, -0.25) is 0 Å². The Hall–Kier alpha value is -2.03. The van der Waals surface area contributed by atoms with Crippen LogP contribution in [0.1, 0.15) is 28.2 Å². The van der Waals surface area contributed by atoms with Crippen molar-refractivity contribution in [2.45, 2.75) is 13.0 Å². The quantitative estimate of drug-likeness (QED) is 0.885. The van der Waals surface area contributed by atoms with E-state index in [0.717, 1.165) is 9.15 Å². The average molecular weight is 362 g/mol. The Morgan fingerprint density at radius 2 is 2.24 bits per heavy atom. The van der Waals surface area contributed by atoms with E-state index in [-0.39, 0.29) is 6.54 Å². The number of hydrogen-bond donors (Lipinski definition) is 1. The maximum Gasteiger partial charge on any atom is 0.358 e. The molecule has 0 aliphatic carbocycles. The van der Waals surface area contributed by atoms with Crippen molar-refractivity contribution in [3.63, 3.8) is 0 Å². The number of ether oxygens (including phenoxy) is 1. The van der Waals surface area contributed by atoms with Crippen LogP contribution in [0.3, 0.4) is 0 Å². The van der Waals surface area contributed by atoms with Crippen molar-refractivity contribution in [1.29, 1.82) is 0 Å². The van der Waals surface area contributed by atoms with Gasteiger partial charge in [0, 0.05) is 10.0 Å². The molecule has 0 radical (unpaired) electrons. The molecule has 2 rings (SSSR count). The lowest BCUT2D eigenvalue weighted by atomic mass is 10.2. The van der Waals surface area contributed by atoms with Gasteiger partial charge in [-0.2, -0.15) is 0 Å². The molecule has 0 fully saturated rings. The number of carbonyl (C=O) groups is 1. The number of methoxy groups -OCH3 is 1. The molecule has 1 heterocycles. The predicted molar refractivity (Wildman–Crippen MR) is 71.7 cm³/mol. The molecule has 21 heavy (non-hydrogen) atoms. The fourth-order valence-corrected chi connectivity index (χ4v) is 2.25. The molecule has 1 aromatic carbocycles. The number of halogens is 3. The summed E-state index contributed by atoms with van der Waals surface area (Å²) in [5.74, 6) is -1.07. The maximum atomic E-state index is 13.0. The number of hydrogen-bond acceptors (Lipinski definition) is 4. The van der Waals surface area contributed by atoms with E-state index in [0.29, 0.717) is 11.3 Å². The van der Waals surface area contributed by atoms with Crippen molar-refractivity contribution in [2.24, 2.45) is 0 Å². The third-order valence-electron chi connectivity index (χ3n) is 2.75. The summed E-state index contributed by atoms with van der Waals surface area (Å²) < 4.78 is 32.8. The van der Waals surface area contributed by atoms with Crippen LogP contribution in [0.15, 0.2) is 22.7 Å². The smallest absolute Gasteiger partial charge is 0.358 e. The summed E-state index contributed by atoms with van der Waals surface area (Å²) in [6, 6.07) is 5.08. The van der Waals surface area contributed by atoms with Gasteiger partial charge in [-0.1, -0.05) is 21.1 Å². The van der Waals surface area contributed by atoms with Crippen molar-refractivity contribution < 1.29 is 23.4 Å². The zero-order chi connectivity index (χ0) is 15.6. The first-order valence-electron chi connectivity index (χ1n) is 5.71. The molecule has 0 saturated heterocycles. The monoisotopic (exact) mass is 361 g/mol. The summed E-state index contributed by atoms with van der Waals surface area (Å²) in [5, 5.41) is 15.6. The van der Waals surface area contributed by atoms with E-state index in [4.69, 9.17) is 9.84 Å². The summed E-state index contributed by atoms with van der Waals surface area (Å²) in [7, 11) is 1.45. The molecule has 1 aromatic heterocycles. The third kappa shape index (κ3) is 3.18. The Morgan fingerprint density at radius 1 is 1.52 bits per heavy atom. The van der Waals surface area contributed by atoms with Crippen molar-refractivity contribution in [3.05, 3.63) is 39.6 Å². The Morgan fingerprint density at radius 3 is 2.81 bits per heavy atom. The molecule has 0 bridgehead atoms. The van der Waals surface area contributed by atoms with Gasteiger partial charge >= 0.3 is 5.97 Å². The maximum absolute atomic E-state index is 13.0. The average Bonchev–Trinajstić information content (AvgIpc) is 2.83. The molecule has 0 aliphatic rings. The molecule has 6 nitrogen and oxygen atoms in total.